The van der Waals surface area contributed by atoms with Gasteiger partial charge in [0, 0.05) is 0 Å². The van der Waals surface area contributed by atoms with E-state index < -0.39 is 0 Å². The van der Waals surface area contributed by atoms with Crippen LogP contribution >= 0.6 is 11.3 Å². The van der Waals surface area contributed by atoms with Gasteiger partial charge in [0.25, 0.3) is 6.33 Å². The standard InChI is InChI=1S/C23H23N2OS/c1-13-15-9-7-6-8-14(15)10-16-18(13)20-19-21(26-16)17(11-23(2,3)4)27-22(19)24-12-25(20)5/h6-10,12H,11H2,1-5H3/q+1. The molecule has 2 aromatic carbocycles. The van der Waals surface area contributed by atoms with E-state index in [4.69, 9.17) is 9.72 Å². The van der Waals surface area contributed by atoms with Crippen LogP contribution in [0.15, 0.2) is 36.7 Å². The summed E-state index contributed by atoms with van der Waals surface area (Å²) in [5.41, 5.74) is 3.87. The molecule has 27 heavy (non-hydrogen) atoms. The maximum atomic E-state index is 6.57. The fourth-order valence-electron chi connectivity index (χ4n) is 4.11. The van der Waals surface area contributed by atoms with E-state index in [0.717, 1.165) is 28.1 Å². The van der Waals surface area contributed by atoms with Gasteiger partial charge >= 0.3 is 0 Å². The maximum Gasteiger partial charge on any atom is 0.288 e. The van der Waals surface area contributed by atoms with Crippen molar-refractivity contribution in [1.29, 1.82) is 0 Å². The Morgan fingerprint density at radius 1 is 1.19 bits per heavy atom. The summed E-state index contributed by atoms with van der Waals surface area (Å²) < 4.78 is 8.71. The fourth-order valence-corrected chi connectivity index (χ4v) is 5.48. The number of aromatic nitrogens is 2. The Kier molecular flexibility index (Phi) is 3.41. The molecule has 136 valence electrons. The number of rotatable bonds is 1. The predicted molar refractivity (Wildman–Crippen MR) is 112 cm³/mol. The molecule has 0 saturated carbocycles. The predicted octanol–water partition coefficient (Wildman–Crippen LogP) is 5.94. The Morgan fingerprint density at radius 3 is 2.74 bits per heavy atom. The van der Waals surface area contributed by atoms with Crippen LogP contribution in [-0.2, 0) is 13.5 Å². The van der Waals surface area contributed by atoms with E-state index in [-0.39, 0.29) is 5.41 Å². The van der Waals surface area contributed by atoms with Gasteiger partial charge in [-0.1, -0.05) is 56.4 Å². The Hall–Kier alpha value is -2.46. The Morgan fingerprint density at radius 2 is 1.96 bits per heavy atom. The molecule has 0 amide bonds. The average molecular weight is 376 g/mol. The van der Waals surface area contributed by atoms with Crippen molar-refractivity contribution in [2.75, 3.05) is 0 Å². The molecule has 4 heteroatoms. The number of thiophene rings is 1. The zero-order chi connectivity index (χ0) is 18.9. The van der Waals surface area contributed by atoms with Crippen molar-refractivity contribution in [3.05, 3.63) is 47.1 Å². The van der Waals surface area contributed by atoms with Crippen molar-refractivity contribution >= 4 is 32.3 Å². The lowest BCUT2D eigenvalue weighted by molar-refractivity contribution is -0.662. The summed E-state index contributed by atoms with van der Waals surface area (Å²) >= 11 is 1.77. The number of nitrogens with zero attached hydrogens (tertiary/aromatic N) is 2. The maximum absolute atomic E-state index is 6.57. The van der Waals surface area contributed by atoms with Crippen LogP contribution in [0.25, 0.3) is 32.2 Å². The number of hydrogen-bond acceptors (Lipinski definition) is 3. The van der Waals surface area contributed by atoms with Gasteiger partial charge in [0.05, 0.1) is 17.5 Å². The Labute approximate surface area is 163 Å². The molecule has 3 nitrogen and oxygen atoms in total. The molecule has 0 unspecified atom stereocenters. The van der Waals surface area contributed by atoms with E-state index >= 15 is 0 Å². The molecule has 0 N–H and O–H groups in total. The summed E-state index contributed by atoms with van der Waals surface area (Å²) in [6.07, 6.45) is 2.91. The van der Waals surface area contributed by atoms with Crippen molar-refractivity contribution in [1.82, 2.24) is 4.98 Å². The van der Waals surface area contributed by atoms with Crippen molar-refractivity contribution in [3.63, 3.8) is 0 Å². The lowest BCUT2D eigenvalue weighted by Gasteiger charge is -2.22. The van der Waals surface area contributed by atoms with E-state index in [2.05, 4.69) is 69.6 Å². The molecule has 2 aromatic heterocycles. The fraction of sp³-hybridized carbons (Fsp3) is 0.304. The quantitative estimate of drug-likeness (QED) is 0.339. The van der Waals surface area contributed by atoms with E-state index in [1.807, 2.05) is 6.33 Å². The molecule has 5 rings (SSSR count). The summed E-state index contributed by atoms with van der Waals surface area (Å²) in [7, 11) is 2.08. The van der Waals surface area contributed by atoms with E-state index in [9.17, 15) is 0 Å². The van der Waals surface area contributed by atoms with E-state index in [0.29, 0.717) is 0 Å². The molecule has 4 aromatic rings. The first-order valence-corrected chi connectivity index (χ1v) is 10.2. The van der Waals surface area contributed by atoms with Gasteiger partial charge in [-0.05, 0) is 46.1 Å². The molecule has 0 radical (unpaired) electrons. The molecule has 1 aliphatic heterocycles. The van der Waals surface area contributed by atoms with Gasteiger partial charge < -0.3 is 4.74 Å². The highest BCUT2D eigenvalue weighted by atomic mass is 32.1. The lowest BCUT2D eigenvalue weighted by Crippen LogP contribution is -2.32. The third-order valence-corrected chi connectivity index (χ3v) is 6.34. The topological polar surface area (TPSA) is 26.0 Å². The van der Waals surface area contributed by atoms with Crippen LogP contribution in [0.5, 0.6) is 11.5 Å². The van der Waals surface area contributed by atoms with Crippen LogP contribution in [0, 0.1) is 12.3 Å². The Balaban J connectivity index is 1.88. The van der Waals surface area contributed by atoms with Crippen LogP contribution in [0.4, 0.5) is 0 Å². The normalized spacial score (nSPS) is 13.1. The second-order valence-corrected chi connectivity index (χ2v) is 9.76. The minimum absolute atomic E-state index is 0.197. The second kappa shape index (κ2) is 5.52. The van der Waals surface area contributed by atoms with Crippen molar-refractivity contribution in [2.24, 2.45) is 12.5 Å². The zero-order valence-electron chi connectivity index (χ0n) is 16.4. The summed E-state index contributed by atoms with van der Waals surface area (Å²) in [5, 5.41) is 3.66. The first kappa shape index (κ1) is 16.7. The minimum atomic E-state index is 0.197. The highest BCUT2D eigenvalue weighted by Gasteiger charge is 2.34. The van der Waals surface area contributed by atoms with Gasteiger partial charge in [0.15, 0.2) is 11.4 Å². The molecule has 0 bridgehead atoms. The summed E-state index contributed by atoms with van der Waals surface area (Å²) in [6.45, 7) is 9.01. The first-order chi connectivity index (χ1) is 12.8. The summed E-state index contributed by atoms with van der Waals surface area (Å²) in [5.74, 6) is 1.96. The van der Waals surface area contributed by atoms with E-state index in [1.165, 1.54) is 32.5 Å². The molecule has 0 fully saturated rings. The van der Waals surface area contributed by atoms with Gasteiger partial charge in [-0.15, -0.1) is 0 Å². The largest absolute Gasteiger partial charge is 0.454 e. The van der Waals surface area contributed by atoms with Crippen molar-refractivity contribution < 1.29 is 9.30 Å². The minimum Gasteiger partial charge on any atom is -0.454 e. The van der Waals surface area contributed by atoms with Crippen LogP contribution in [0.1, 0.15) is 31.2 Å². The molecular weight excluding hydrogens is 352 g/mol. The van der Waals surface area contributed by atoms with Gasteiger partial charge in [-0.3, -0.25) is 0 Å². The number of hydrogen-bond donors (Lipinski definition) is 0. The number of ether oxygens (including phenoxy) is 1. The van der Waals surface area contributed by atoms with Gasteiger partial charge in [0.1, 0.15) is 11.1 Å². The molecule has 3 heterocycles. The van der Waals surface area contributed by atoms with Crippen LogP contribution < -0.4 is 9.30 Å². The molecule has 0 atom stereocenters. The average Bonchev–Trinajstić information content (AvgIpc) is 2.94. The molecule has 0 saturated heterocycles. The first-order valence-electron chi connectivity index (χ1n) is 9.34. The third kappa shape index (κ3) is 2.47. The van der Waals surface area contributed by atoms with Crippen molar-refractivity contribution in [2.45, 2.75) is 34.1 Å². The molecule has 0 aliphatic carbocycles. The summed E-state index contributed by atoms with van der Waals surface area (Å²) in [4.78, 5) is 7.05. The molecule has 1 aliphatic rings. The smallest absolute Gasteiger partial charge is 0.288 e. The monoisotopic (exact) mass is 375 g/mol. The number of benzene rings is 2. The van der Waals surface area contributed by atoms with Crippen LogP contribution in [-0.4, -0.2) is 4.98 Å². The lowest BCUT2D eigenvalue weighted by atomic mass is 9.90. The third-order valence-electron chi connectivity index (χ3n) is 5.26. The van der Waals surface area contributed by atoms with Crippen LogP contribution in [0.3, 0.4) is 0 Å². The summed E-state index contributed by atoms with van der Waals surface area (Å²) in [6, 6.07) is 10.7. The van der Waals surface area contributed by atoms with Crippen LogP contribution in [0.2, 0.25) is 0 Å². The highest BCUT2D eigenvalue weighted by Crippen LogP contribution is 2.52. The Bertz CT molecular complexity index is 1230. The molecular formula is C23H23N2OS+. The number of aryl methyl sites for hydroxylation is 2. The highest BCUT2D eigenvalue weighted by molar-refractivity contribution is 7.19. The molecule has 0 spiro atoms. The zero-order valence-corrected chi connectivity index (χ0v) is 17.2. The SMILES string of the molecule is Cc1c2c(cc3ccccc13)Oc1c(CC(C)(C)C)sc3nc[n+](C)c-2c13. The number of fused-ring (bicyclic) bond motifs is 3. The van der Waals surface area contributed by atoms with Gasteiger partial charge in [-0.2, -0.15) is 0 Å². The second-order valence-electron chi connectivity index (χ2n) is 8.67. The van der Waals surface area contributed by atoms with Crippen molar-refractivity contribution in [3.8, 4) is 22.8 Å². The van der Waals surface area contributed by atoms with Gasteiger partial charge in [0.2, 0.25) is 4.83 Å². The van der Waals surface area contributed by atoms with E-state index in [1.54, 1.807) is 11.3 Å². The van der Waals surface area contributed by atoms with Gasteiger partial charge in [-0.25, -0.2) is 4.57 Å².